The van der Waals surface area contributed by atoms with Crippen LogP contribution in [0, 0.1) is 11.6 Å². The molecule has 5 nitrogen and oxygen atoms in total. The van der Waals surface area contributed by atoms with Crippen LogP contribution in [0.1, 0.15) is 0 Å². The van der Waals surface area contributed by atoms with Gasteiger partial charge in [0.25, 0.3) is 0 Å². The standard InChI is InChI=1S/C10H10F2N2O3/c11-6-1-2-8(7(12)3-6)14-10(16)5-17-4-9(13)15/h1-3H,4-5H2,(H2,13,15)(H,14,16). The van der Waals surface area contributed by atoms with E-state index in [-0.39, 0.29) is 5.69 Å². The zero-order valence-electron chi connectivity index (χ0n) is 8.70. The molecule has 2 amide bonds. The van der Waals surface area contributed by atoms with Gasteiger partial charge in [-0.3, -0.25) is 9.59 Å². The predicted molar refractivity (Wildman–Crippen MR) is 55.0 cm³/mol. The summed E-state index contributed by atoms with van der Waals surface area (Å²) in [6.07, 6.45) is 0. The predicted octanol–water partition coefficient (Wildman–Crippen LogP) is 0.405. The number of amides is 2. The highest BCUT2D eigenvalue weighted by Gasteiger charge is 2.08. The molecule has 0 spiro atoms. The molecule has 0 aliphatic rings. The molecule has 92 valence electrons. The van der Waals surface area contributed by atoms with E-state index in [1.165, 1.54) is 0 Å². The molecule has 0 aliphatic carbocycles. The van der Waals surface area contributed by atoms with Crippen molar-refractivity contribution in [3.05, 3.63) is 29.8 Å². The van der Waals surface area contributed by atoms with Crippen LogP contribution < -0.4 is 11.1 Å². The number of rotatable bonds is 5. The molecule has 1 rings (SSSR count). The molecule has 3 N–H and O–H groups in total. The second-order valence-corrected chi connectivity index (χ2v) is 3.13. The van der Waals surface area contributed by atoms with Gasteiger partial charge in [-0.1, -0.05) is 0 Å². The summed E-state index contributed by atoms with van der Waals surface area (Å²) < 4.78 is 30.2. The third-order valence-electron chi connectivity index (χ3n) is 1.68. The molecule has 0 aliphatic heterocycles. The largest absolute Gasteiger partial charge is 0.368 e. The van der Waals surface area contributed by atoms with E-state index < -0.39 is 36.7 Å². The molecule has 0 saturated heterocycles. The normalized spacial score (nSPS) is 10.0. The Morgan fingerprint density at radius 1 is 1.29 bits per heavy atom. The summed E-state index contributed by atoms with van der Waals surface area (Å²) in [5.74, 6) is -3.03. The highest BCUT2D eigenvalue weighted by atomic mass is 19.1. The lowest BCUT2D eigenvalue weighted by molar-refractivity contribution is -0.126. The molecule has 1 aromatic carbocycles. The van der Waals surface area contributed by atoms with Crippen molar-refractivity contribution < 1.29 is 23.1 Å². The number of hydrogen-bond acceptors (Lipinski definition) is 3. The number of anilines is 1. The van der Waals surface area contributed by atoms with E-state index in [9.17, 15) is 18.4 Å². The van der Waals surface area contributed by atoms with Gasteiger partial charge >= 0.3 is 0 Å². The third kappa shape index (κ3) is 4.56. The minimum Gasteiger partial charge on any atom is -0.368 e. The van der Waals surface area contributed by atoms with Gasteiger partial charge in [0.15, 0.2) is 0 Å². The van der Waals surface area contributed by atoms with E-state index in [4.69, 9.17) is 5.73 Å². The van der Waals surface area contributed by atoms with Crippen LogP contribution in [-0.2, 0) is 14.3 Å². The minimum absolute atomic E-state index is 0.168. The topological polar surface area (TPSA) is 81.4 Å². The van der Waals surface area contributed by atoms with Gasteiger partial charge in [0, 0.05) is 6.07 Å². The number of benzene rings is 1. The van der Waals surface area contributed by atoms with Crippen LogP contribution in [0.4, 0.5) is 14.5 Å². The number of nitrogens with two attached hydrogens (primary N) is 1. The summed E-state index contributed by atoms with van der Waals surface area (Å²) >= 11 is 0. The van der Waals surface area contributed by atoms with Crippen LogP contribution in [0.15, 0.2) is 18.2 Å². The number of halogens is 2. The lowest BCUT2D eigenvalue weighted by Gasteiger charge is -2.06. The van der Waals surface area contributed by atoms with Gasteiger partial charge < -0.3 is 15.8 Å². The molecule has 1 aromatic rings. The van der Waals surface area contributed by atoms with Crippen LogP contribution in [0.25, 0.3) is 0 Å². The van der Waals surface area contributed by atoms with E-state index >= 15 is 0 Å². The van der Waals surface area contributed by atoms with Gasteiger partial charge in [-0.25, -0.2) is 8.78 Å². The summed E-state index contributed by atoms with van der Waals surface area (Å²) in [7, 11) is 0. The van der Waals surface area contributed by atoms with Crippen LogP contribution in [0.5, 0.6) is 0 Å². The molecular formula is C10H10F2N2O3. The lowest BCUT2D eigenvalue weighted by atomic mass is 10.3. The Bertz CT molecular complexity index is 438. The molecule has 0 saturated carbocycles. The number of hydrogen-bond donors (Lipinski definition) is 2. The number of carbonyl (C=O) groups excluding carboxylic acids is 2. The molecule has 0 bridgehead atoms. The molecule has 0 radical (unpaired) electrons. The van der Waals surface area contributed by atoms with Gasteiger partial charge in [0.2, 0.25) is 11.8 Å². The van der Waals surface area contributed by atoms with Crippen LogP contribution in [0.3, 0.4) is 0 Å². The van der Waals surface area contributed by atoms with Gasteiger partial charge in [-0.15, -0.1) is 0 Å². The number of nitrogens with one attached hydrogen (secondary N) is 1. The molecule has 0 fully saturated rings. The average Bonchev–Trinajstić information content (AvgIpc) is 2.21. The molecule has 17 heavy (non-hydrogen) atoms. The average molecular weight is 244 g/mol. The van der Waals surface area contributed by atoms with Crippen LogP contribution in [0.2, 0.25) is 0 Å². The second kappa shape index (κ2) is 5.90. The van der Waals surface area contributed by atoms with Gasteiger partial charge in [-0.05, 0) is 12.1 Å². The maximum absolute atomic E-state index is 13.1. The second-order valence-electron chi connectivity index (χ2n) is 3.13. The molecular weight excluding hydrogens is 234 g/mol. The number of primary amides is 1. The SMILES string of the molecule is NC(=O)COCC(=O)Nc1ccc(F)cc1F. The Labute approximate surface area is 95.5 Å². The summed E-state index contributed by atoms with van der Waals surface area (Å²) in [6, 6.07) is 2.72. The fourth-order valence-electron chi connectivity index (χ4n) is 1.02. The lowest BCUT2D eigenvalue weighted by Crippen LogP contribution is -2.24. The number of ether oxygens (including phenoxy) is 1. The summed E-state index contributed by atoms with van der Waals surface area (Å²) in [4.78, 5) is 21.5. The first-order chi connectivity index (χ1) is 7.99. The zero-order chi connectivity index (χ0) is 12.8. The monoisotopic (exact) mass is 244 g/mol. The van der Waals surface area contributed by atoms with Crippen LogP contribution in [-0.4, -0.2) is 25.0 Å². The Morgan fingerprint density at radius 2 is 2.00 bits per heavy atom. The van der Waals surface area contributed by atoms with Crippen molar-refractivity contribution in [3.63, 3.8) is 0 Å². The van der Waals surface area contributed by atoms with E-state index in [0.717, 1.165) is 12.1 Å². The van der Waals surface area contributed by atoms with E-state index in [2.05, 4.69) is 10.1 Å². The first kappa shape index (κ1) is 13.0. The smallest absolute Gasteiger partial charge is 0.250 e. The maximum Gasteiger partial charge on any atom is 0.250 e. The summed E-state index contributed by atoms with van der Waals surface area (Å²) in [6.45, 7) is -0.848. The van der Waals surface area contributed by atoms with E-state index in [1.54, 1.807) is 0 Å². The third-order valence-corrected chi connectivity index (χ3v) is 1.68. The van der Waals surface area contributed by atoms with Crippen molar-refractivity contribution in [2.24, 2.45) is 5.73 Å². The quantitative estimate of drug-likeness (QED) is 0.786. The fourth-order valence-corrected chi connectivity index (χ4v) is 1.02. The Hall–Kier alpha value is -2.02. The molecule has 0 atom stereocenters. The van der Waals surface area contributed by atoms with E-state index in [1.807, 2.05) is 0 Å². The molecule has 0 aromatic heterocycles. The maximum atomic E-state index is 13.1. The van der Waals surface area contributed by atoms with Gasteiger partial charge in [0.1, 0.15) is 24.8 Å². The van der Waals surface area contributed by atoms with Crippen molar-refractivity contribution in [1.82, 2.24) is 0 Å². The van der Waals surface area contributed by atoms with Gasteiger partial charge in [-0.2, -0.15) is 0 Å². The van der Waals surface area contributed by atoms with Crippen molar-refractivity contribution in [3.8, 4) is 0 Å². The van der Waals surface area contributed by atoms with Crippen LogP contribution >= 0.6 is 0 Å². The molecule has 0 heterocycles. The minimum atomic E-state index is -0.895. The first-order valence-electron chi connectivity index (χ1n) is 4.60. The van der Waals surface area contributed by atoms with Crippen molar-refractivity contribution in [1.29, 1.82) is 0 Å². The van der Waals surface area contributed by atoms with Crippen molar-refractivity contribution in [2.75, 3.05) is 18.5 Å². The molecule has 0 unspecified atom stereocenters. The van der Waals surface area contributed by atoms with Crippen molar-refractivity contribution >= 4 is 17.5 Å². The number of carbonyl (C=O) groups is 2. The fraction of sp³-hybridized carbons (Fsp3) is 0.200. The van der Waals surface area contributed by atoms with Crippen molar-refractivity contribution in [2.45, 2.75) is 0 Å². The summed E-state index contributed by atoms with van der Waals surface area (Å²) in [5, 5.41) is 2.15. The zero-order valence-corrected chi connectivity index (χ0v) is 8.70. The summed E-state index contributed by atoms with van der Waals surface area (Å²) in [5.41, 5.74) is 4.61. The van der Waals surface area contributed by atoms with E-state index in [0.29, 0.717) is 6.07 Å². The highest BCUT2D eigenvalue weighted by Crippen LogP contribution is 2.14. The Kier molecular flexibility index (Phi) is 4.53. The first-order valence-corrected chi connectivity index (χ1v) is 4.60. The molecule has 7 heteroatoms. The Balaban J connectivity index is 2.48. The Morgan fingerprint density at radius 3 is 2.59 bits per heavy atom. The highest BCUT2D eigenvalue weighted by molar-refractivity contribution is 5.91. The van der Waals surface area contributed by atoms with Gasteiger partial charge in [0.05, 0.1) is 5.69 Å².